The van der Waals surface area contributed by atoms with Crippen LogP contribution in [0.5, 0.6) is 11.5 Å². The molecule has 7 heteroatoms. The first kappa shape index (κ1) is 23.6. The Labute approximate surface area is 215 Å². The number of piperidine rings is 1. The second kappa shape index (κ2) is 9.57. The lowest BCUT2D eigenvalue weighted by atomic mass is 9.84. The number of benzene rings is 3. The maximum atomic E-state index is 12.8. The third kappa shape index (κ3) is 4.80. The van der Waals surface area contributed by atoms with Crippen LogP contribution >= 0.6 is 0 Å². The molecule has 3 heterocycles. The summed E-state index contributed by atoms with van der Waals surface area (Å²) in [6.07, 6.45) is 2.35. The van der Waals surface area contributed by atoms with Crippen LogP contribution in [-0.4, -0.2) is 35.8 Å². The molecule has 0 atom stereocenters. The summed E-state index contributed by atoms with van der Waals surface area (Å²) in [6, 6.07) is 21.4. The van der Waals surface area contributed by atoms with Crippen LogP contribution in [0.15, 0.2) is 71.1 Å². The van der Waals surface area contributed by atoms with Crippen molar-refractivity contribution in [2.24, 2.45) is 0 Å². The minimum Gasteiger partial charge on any atom is -0.454 e. The summed E-state index contributed by atoms with van der Waals surface area (Å²) in [5, 5.41) is 15.1. The van der Waals surface area contributed by atoms with E-state index < -0.39 is 5.60 Å². The van der Waals surface area contributed by atoms with Crippen LogP contribution in [-0.2, 0) is 18.6 Å². The van der Waals surface area contributed by atoms with Gasteiger partial charge in [0.1, 0.15) is 5.58 Å². The first-order chi connectivity index (χ1) is 18.0. The molecule has 1 saturated heterocycles. The molecule has 2 N–H and O–H groups in total. The number of anilines is 1. The van der Waals surface area contributed by atoms with Gasteiger partial charge in [0.05, 0.1) is 5.60 Å². The number of hydrogen-bond acceptors (Lipinski definition) is 6. The number of aryl methyl sites for hydroxylation is 1. The molecule has 3 aromatic carbocycles. The van der Waals surface area contributed by atoms with Gasteiger partial charge in [-0.15, -0.1) is 0 Å². The highest BCUT2D eigenvalue weighted by atomic mass is 16.7. The Morgan fingerprint density at radius 3 is 2.49 bits per heavy atom. The van der Waals surface area contributed by atoms with Crippen molar-refractivity contribution in [2.45, 2.75) is 38.3 Å². The third-order valence-electron chi connectivity index (χ3n) is 7.43. The van der Waals surface area contributed by atoms with Gasteiger partial charge in [-0.1, -0.05) is 37.3 Å². The van der Waals surface area contributed by atoms with Crippen LogP contribution in [0.4, 0.5) is 5.69 Å². The van der Waals surface area contributed by atoms with Gasteiger partial charge in [0, 0.05) is 36.8 Å². The van der Waals surface area contributed by atoms with E-state index in [0.717, 1.165) is 37.0 Å². The van der Waals surface area contributed by atoms with Crippen LogP contribution in [0, 0.1) is 0 Å². The topological polar surface area (TPSA) is 84.2 Å². The van der Waals surface area contributed by atoms with Crippen molar-refractivity contribution in [1.82, 2.24) is 4.90 Å². The van der Waals surface area contributed by atoms with Gasteiger partial charge in [-0.05, 0) is 66.3 Å². The van der Waals surface area contributed by atoms with Crippen LogP contribution in [0.25, 0.3) is 11.0 Å². The number of fused-ring (bicyclic) bond motifs is 2. The number of hydrogen-bond donors (Lipinski definition) is 2. The van der Waals surface area contributed by atoms with Gasteiger partial charge in [0.25, 0.3) is 5.91 Å². The van der Waals surface area contributed by atoms with E-state index in [2.05, 4.69) is 41.4 Å². The van der Waals surface area contributed by atoms with E-state index in [1.54, 1.807) is 24.3 Å². The molecule has 2 aliphatic heterocycles. The molecule has 0 unspecified atom stereocenters. The monoisotopic (exact) mass is 498 g/mol. The Balaban J connectivity index is 1.12. The Bertz CT molecular complexity index is 1430. The number of likely N-dealkylation sites (tertiary alicyclic amines) is 1. The van der Waals surface area contributed by atoms with Crippen molar-refractivity contribution in [3.05, 3.63) is 89.2 Å². The van der Waals surface area contributed by atoms with Gasteiger partial charge in [-0.3, -0.25) is 9.69 Å². The van der Waals surface area contributed by atoms with Crippen LogP contribution in [0.3, 0.4) is 0 Å². The molecule has 0 aliphatic carbocycles. The van der Waals surface area contributed by atoms with Gasteiger partial charge in [0.15, 0.2) is 17.3 Å². The molecular formula is C30H30N2O5. The fourth-order valence-corrected chi connectivity index (χ4v) is 5.12. The summed E-state index contributed by atoms with van der Waals surface area (Å²) in [5.74, 6) is 1.11. The van der Waals surface area contributed by atoms with Crippen molar-refractivity contribution in [3.8, 4) is 11.5 Å². The van der Waals surface area contributed by atoms with Crippen LogP contribution in [0.1, 0.15) is 47.0 Å². The molecule has 2 aliphatic rings. The van der Waals surface area contributed by atoms with E-state index in [4.69, 9.17) is 13.9 Å². The summed E-state index contributed by atoms with van der Waals surface area (Å²) < 4.78 is 16.5. The van der Waals surface area contributed by atoms with E-state index in [9.17, 15) is 9.90 Å². The molecule has 4 aromatic rings. The van der Waals surface area contributed by atoms with E-state index in [1.165, 1.54) is 11.1 Å². The Hall–Kier alpha value is -3.81. The van der Waals surface area contributed by atoms with Crippen molar-refractivity contribution >= 4 is 22.6 Å². The second-order valence-electron chi connectivity index (χ2n) is 9.86. The smallest absolute Gasteiger partial charge is 0.291 e. The Kier molecular flexibility index (Phi) is 6.10. The molecule has 190 valence electrons. The highest BCUT2D eigenvalue weighted by Gasteiger charge is 2.34. The standard InChI is InChI=1S/C30H30N2O5/c1-2-20-3-5-21(6-4-20)18-32-13-11-30(34,12-14-32)23-7-9-25-22(15-23)16-28(37-25)29(33)31-24-8-10-26-27(17-24)36-19-35-26/h3-10,15-17,34H,2,11-14,18-19H2,1H3,(H,31,33). The summed E-state index contributed by atoms with van der Waals surface area (Å²) in [4.78, 5) is 15.2. The zero-order valence-electron chi connectivity index (χ0n) is 20.8. The number of aliphatic hydroxyl groups is 1. The number of rotatable bonds is 6. The molecule has 1 amide bonds. The predicted octanol–water partition coefficient (Wildman–Crippen LogP) is 5.46. The molecule has 0 saturated carbocycles. The minimum atomic E-state index is -0.900. The Morgan fingerprint density at radius 2 is 1.70 bits per heavy atom. The lowest BCUT2D eigenvalue weighted by Crippen LogP contribution is -2.42. The molecule has 6 rings (SSSR count). The SMILES string of the molecule is CCc1ccc(CN2CCC(O)(c3ccc4oc(C(=O)Nc5ccc6c(c5)OCO6)cc4c3)CC2)cc1. The van der Waals surface area contributed by atoms with Crippen LogP contribution in [0.2, 0.25) is 0 Å². The van der Waals surface area contributed by atoms with Crippen molar-refractivity contribution in [2.75, 3.05) is 25.2 Å². The normalized spacial score (nSPS) is 16.7. The summed E-state index contributed by atoms with van der Waals surface area (Å²) in [6.45, 7) is 4.87. The minimum absolute atomic E-state index is 0.176. The molecule has 0 radical (unpaired) electrons. The number of nitrogens with zero attached hydrogens (tertiary/aromatic N) is 1. The van der Waals surface area contributed by atoms with Gasteiger partial charge < -0.3 is 24.3 Å². The zero-order valence-corrected chi connectivity index (χ0v) is 20.8. The molecule has 0 spiro atoms. The van der Waals surface area contributed by atoms with Gasteiger partial charge in [-0.25, -0.2) is 0 Å². The van der Waals surface area contributed by atoms with E-state index in [-0.39, 0.29) is 18.5 Å². The van der Waals surface area contributed by atoms with Crippen molar-refractivity contribution in [3.63, 3.8) is 0 Å². The number of carbonyl (C=O) groups excluding carboxylic acids is 1. The average Bonchev–Trinajstić information content (AvgIpc) is 3.57. The summed E-state index contributed by atoms with van der Waals surface area (Å²) >= 11 is 0. The molecular weight excluding hydrogens is 468 g/mol. The number of carbonyl (C=O) groups is 1. The fourth-order valence-electron chi connectivity index (χ4n) is 5.12. The predicted molar refractivity (Wildman–Crippen MR) is 141 cm³/mol. The number of nitrogens with one attached hydrogen (secondary N) is 1. The molecule has 1 aromatic heterocycles. The molecule has 1 fully saturated rings. The highest BCUT2D eigenvalue weighted by Crippen LogP contribution is 2.36. The first-order valence-electron chi connectivity index (χ1n) is 12.8. The van der Waals surface area contributed by atoms with Crippen molar-refractivity contribution in [1.29, 1.82) is 0 Å². The third-order valence-corrected chi connectivity index (χ3v) is 7.43. The average molecular weight is 499 g/mol. The first-order valence-corrected chi connectivity index (χ1v) is 12.8. The number of amides is 1. The number of furan rings is 1. The van der Waals surface area contributed by atoms with Crippen LogP contribution < -0.4 is 14.8 Å². The lowest BCUT2D eigenvalue weighted by Gasteiger charge is -2.38. The molecule has 37 heavy (non-hydrogen) atoms. The molecule has 7 nitrogen and oxygen atoms in total. The maximum Gasteiger partial charge on any atom is 0.291 e. The van der Waals surface area contributed by atoms with E-state index >= 15 is 0 Å². The van der Waals surface area contributed by atoms with Gasteiger partial charge >= 0.3 is 0 Å². The quantitative estimate of drug-likeness (QED) is 0.367. The lowest BCUT2D eigenvalue weighted by molar-refractivity contribution is -0.0276. The Morgan fingerprint density at radius 1 is 0.946 bits per heavy atom. The van der Waals surface area contributed by atoms with E-state index in [1.807, 2.05) is 18.2 Å². The van der Waals surface area contributed by atoms with Gasteiger partial charge in [-0.2, -0.15) is 0 Å². The van der Waals surface area contributed by atoms with Crippen molar-refractivity contribution < 1.29 is 23.8 Å². The maximum absolute atomic E-state index is 12.8. The highest BCUT2D eigenvalue weighted by molar-refractivity contribution is 6.04. The largest absolute Gasteiger partial charge is 0.454 e. The summed E-state index contributed by atoms with van der Waals surface area (Å²) in [7, 11) is 0. The second-order valence-corrected chi connectivity index (χ2v) is 9.86. The summed E-state index contributed by atoms with van der Waals surface area (Å²) in [5.41, 5.74) is 3.81. The fraction of sp³-hybridized carbons (Fsp3) is 0.300. The number of ether oxygens (including phenoxy) is 2. The van der Waals surface area contributed by atoms with Gasteiger partial charge in [0.2, 0.25) is 6.79 Å². The van der Waals surface area contributed by atoms with E-state index in [0.29, 0.717) is 35.6 Å². The molecule has 0 bridgehead atoms. The zero-order chi connectivity index (χ0) is 25.4.